The molecule has 1 aromatic rings. The predicted molar refractivity (Wildman–Crippen MR) is 85.4 cm³/mol. The Kier molecular flexibility index (Phi) is 6.08. The number of thioether (sulfide) groups is 1. The summed E-state index contributed by atoms with van der Waals surface area (Å²) in [6.07, 6.45) is 0. The molecular formula is C15H22N2O3S. The van der Waals surface area contributed by atoms with Crippen molar-refractivity contribution in [2.24, 2.45) is 0 Å². The molecule has 0 aliphatic carbocycles. The minimum absolute atomic E-state index is 0.153. The summed E-state index contributed by atoms with van der Waals surface area (Å²) < 4.78 is 5.24. The standard InChI is InChI=1S/C15H22N2O3S/c1-5-17-14(19)10-6-7-11(16)12(8-10)21-9-13(18)20-15(2,3)4/h6-8H,5,9,16H2,1-4H3,(H,17,19). The zero-order valence-corrected chi connectivity index (χ0v) is 13.7. The van der Waals surface area contributed by atoms with Crippen molar-refractivity contribution in [2.75, 3.05) is 18.0 Å². The molecule has 1 rings (SSSR count). The molecule has 21 heavy (non-hydrogen) atoms. The first-order valence-electron chi connectivity index (χ1n) is 6.75. The van der Waals surface area contributed by atoms with Crippen molar-refractivity contribution < 1.29 is 14.3 Å². The maximum atomic E-state index is 11.8. The quantitative estimate of drug-likeness (QED) is 0.496. The number of hydrogen-bond acceptors (Lipinski definition) is 5. The Labute approximate surface area is 129 Å². The van der Waals surface area contributed by atoms with E-state index in [2.05, 4.69) is 5.32 Å². The summed E-state index contributed by atoms with van der Waals surface area (Å²) in [4.78, 5) is 24.2. The van der Waals surface area contributed by atoms with Crippen molar-refractivity contribution in [2.45, 2.75) is 38.2 Å². The number of rotatable bonds is 5. The van der Waals surface area contributed by atoms with Gasteiger partial charge in [-0.05, 0) is 45.9 Å². The number of nitrogens with two attached hydrogens (primary N) is 1. The van der Waals surface area contributed by atoms with Crippen LogP contribution in [0.3, 0.4) is 0 Å². The Morgan fingerprint density at radius 3 is 2.57 bits per heavy atom. The highest BCUT2D eigenvalue weighted by Crippen LogP contribution is 2.26. The van der Waals surface area contributed by atoms with Crippen LogP contribution in [0, 0.1) is 0 Å². The Bertz CT molecular complexity index is 524. The number of carbonyl (C=O) groups excluding carboxylic acids is 2. The van der Waals surface area contributed by atoms with Gasteiger partial charge in [0.2, 0.25) is 0 Å². The summed E-state index contributed by atoms with van der Waals surface area (Å²) in [5.41, 5.74) is 6.43. The topological polar surface area (TPSA) is 81.4 Å². The van der Waals surface area contributed by atoms with Crippen LogP contribution in [0.4, 0.5) is 5.69 Å². The third kappa shape index (κ3) is 6.08. The van der Waals surface area contributed by atoms with Crippen molar-refractivity contribution >= 4 is 29.3 Å². The van der Waals surface area contributed by atoms with E-state index in [-0.39, 0.29) is 17.6 Å². The Hall–Kier alpha value is -1.69. The molecule has 0 radical (unpaired) electrons. The van der Waals surface area contributed by atoms with E-state index in [4.69, 9.17) is 10.5 Å². The highest BCUT2D eigenvalue weighted by atomic mass is 32.2. The number of nitrogen functional groups attached to an aromatic ring is 1. The van der Waals surface area contributed by atoms with Crippen molar-refractivity contribution in [1.29, 1.82) is 0 Å². The first-order valence-corrected chi connectivity index (χ1v) is 7.74. The molecule has 0 fully saturated rings. The van der Waals surface area contributed by atoms with E-state index in [0.717, 1.165) is 0 Å². The van der Waals surface area contributed by atoms with E-state index in [1.54, 1.807) is 18.2 Å². The van der Waals surface area contributed by atoms with Gasteiger partial charge in [-0.15, -0.1) is 11.8 Å². The van der Waals surface area contributed by atoms with Crippen LogP contribution in [0.2, 0.25) is 0 Å². The summed E-state index contributed by atoms with van der Waals surface area (Å²) in [5, 5.41) is 2.72. The maximum Gasteiger partial charge on any atom is 0.316 e. The molecule has 0 aromatic heterocycles. The Balaban J connectivity index is 2.72. The number of anilines is 1. The monoisotopic (exact) mass is 310 g/mol. The lowest BCUT2D eigenvalue weighted by molar-refractivity contribution is -0.151. The van der Waals surface area contributed by atoms with Crippen LogP contribution in [0.1, 0.15) is 38.1 Å². The van der Waals surface area contributed by atoms with Crippen molar-refractivity contribution in [1.82, 2.24) is 5.32 Å². The third-order valence-electron chi connectivity index (χ3n) is 2.38. The van der Waals surface area contributed by atoms with E-state index in [1.807, 2.05) is 27.7 Å². The molecule has 1 aromatic carbocycles. The second-order valence-electron chi connectivity index (χ2n) is 5.49. The first-order chi connectivity index (χ1) is 9.73. The highest BCUT2D eigenvalue weighted by molar-refractivity contribution is 8.00. The molecule has 0 bridgehead atoms. The molecule has 0 spiro atoms. The molecule has 116 valence electrons. The van der Waals surface area contributed by atoms with Crippen molar-refractivity contribution in [3.05, 3.63) is 23.8 Å². The van der Waals surface area contributed by atoms with Gasteiger partial charge >= 0.3 is 5.97 Å². The molecule has 0 saturated heterocycles. The third-order valence-corrected chi connectivity index (χ3v) is 3.42. The van der Waals surface area contributed by atoms with E-state index < -0.39 is 5.60 Å². The second-order valence-corrected chi connectivity index (χ2v) is 6.50. The SMILES string of the molecule is CCNC(=O)c1ccc(N)c(SCC(=O)OC(C)(C)C)c1. The number of hydrogen-bond donors (Lipinski definition) is 2. The van der Waals surface area contributed by atoms with Gasteiger partial charge in [0.25, 0.3) is 5.91 Å². The molecular weight excluding hydrogens is 288 g/mol. The van der Waals surface area contributed by atoms with Gasteiger partial charge in [-0.25, -0.2) is 0 Å². The molecule has 0 aliphatic heterocycles. The molecule has 6 heteroatoms. The molecule has 3 N–H and O–H groups in total. The Morgan fingerprint density at radius 1 is 1.33 bits per heavy atom. The van der Waals surface area contributed by atoms with Gasteiger partial charge in [-0.2, -0.15) is 0 Å². The van der Waals surface area contributed by atoms with Crippen LogP contribution in [0.15, 0.2) is 23.1 Å². The highest BCUT2D eigenvalue weighted by Gasteiger charge is 2.17. The van der Waals surface area contributed by atoms with Gasteiger partial charge in [0, 0.05) is 22.7 Å². The van der Waals surface area contributed by atoms with Crippen LogP contribution in [0.25, 0.3) is 0 Å². The minimum Gasteiger partial charge on any atom is -0.459 e. The summed E-state index contributed by atoms with van der Waals surface area (Å²) in [6.45, 7) is 7.87. The number of ether oxygens (including phenoxy) is 1. The van der Waals surface area contributed by atoms with Gasteiger partial charge in [-0.3, -0.25) is 9.59 Å². The molecule has 0 saturated carbocycles. The molecule has 5 nitrogen and oxygen atoms in total. The molecule has 0 aliphatic rings. The van der Waals surface area contributed by atoms with E-state index in [0.29, 0.717) is 22.7 Å². The normalized spacial score (nSPS) is 11.0. The van der Waals surface area contributed by atoms with Gasteiger partial charge < -0.3 is 15.8 Å². The maximum absolute atomic E-state index is 11.8. The summed E-state index contributed by atoms with van der Waals surface area (Å²) in [5.74, 6) is -0.313. The largest absolute Gasteiger partial charge is 0.459 e. The van der Waals surface area contributed by atoms with E-state index in [9.17, 15) is 9.59 Å². The summed E-state index contributed by atoms with van der Waals surface area (Å²) in [6, 6.07) is 5.02. The van der Waals surface area contributed by atoms with Crippen LogP contribution in [-0.4, -0.2) is 29.8 Å². The number of amides is 1. The van der Waals surface area contributed by atoms with Crippen LogP contribution in [-0.2, 0) is 9.53 Å². The second kappa shape index (κ2) is 7.36. The van der Waals surface area contributed by atoms with Gasteiger partial charge in [0.15, 0.2) is 0 Å². The smallest absolute Gasteiger partial charge is 0.316 e. The Morgan fingerprint density at radius 2 is 2.00 bits per heavy atom. The van der Waals surface area contributed by atoms with Crippen molar-refractivity contribution in [3.8, 4) is 0 Å². The zero-order chi connectivity index (χ0) is 16.0. The summed E-state index contributed by atoms with van der Waals surface area (Å²) >= 11 is 1.27. The molecule has 0 heterocycles. The van der Waals surface area contributed by atoms with Crippen LogP contribution >= 0.6 is 11.8 Å². The first kappa shape index (κ1) is 17.4. The minimum atomic E-state index is -0.508. The van der Waals surface area contributed by atoms with Crippen LogP contribution < -0.4 is 11.1 Å². The lowest BCUT2D eigenvalue weighted by Gasteiger charge is -2.19. The van der Waals surface area contributed by atoms with Gasteiger partial charge in [0.05, 0.1) is 5.75 Å². The predicted octanol–water partition coefficient (Wildman–Crippen LogP) is 2.45. The molecule has 0 unspecified atom stereocenters. The van der Waals surface area contributed by atoms with E-state index >= 15 is 0 Å². The number of nitrogens with one attached hydrogen (secondary N) is 1. The average molecular weight is 310 g/mol. The fourth-order valence-electron chi connectivity index (χ4n) is 1.57. The van der Waals surface area contributed by atoms with E-state index in [1.165, 1.54) is 11.8 Å². The van der Waals surface area contributed by atoms with Gasteiger partial charge in [0.1, 0.15) is 5.60 Å². The van der Waals surface area contributed by atoms with Crippen molar-refractivity contribution in [3.63, 3.8) is 0 Å². The fraction of sp³-hybridized carbons (Fsp3) is 0.467. The number of esters is 1. The lowest BCUT2D eigenvalue weighted by atomic mass is 10.2. The van der Waals surface area contributed by atoms with Gasteiger partial charge in [-0.1, -0.05) is 0 Å². The zero-order valence-electron chi connectivity index (χ0n) is 12.9. The fourth-order valence-corrected chi connectivity index (χ4v) is 2.35. The van der Waals surface area contributed by atoms with Crippen LogP contribution in [0.5, 0.6) is 0 Å². The summed E-state index contributed by atoms with van der Waals surface area (Å²) in [7, 11) is 0. The number of benzene rings is 1. The molecule has 0 atom stereocenters. The lowest BCUT2D eigenvalue weighted by Crippen LogP contribution is -2.25. The molecule has 1 amide bonds. The average Bonchev–Trinajstić information content (AvgIpc) is 2.36. The number of carbonyl (C=O) groups is 2.